The van der Waals surface area contributed by atoms with Crippen LogP contribution in [0.4, 0.5) is 0 Å². The summed E-state index contributed by atoms with van der Waals surface area (Å²) < 4.78 is 168. The van der Waals surface area contributed by atoms with Crippen molar-refractivity contribution >= 4 is 44.8 Å². The molecule has 4 rings (SSSR count). The highest BCUT2D eigenvalue weighted by Gasteiger charge is 2.47. The molecule has 4 fully saturated rings. The number of hydrogen-bond donors (Lipinski definition) is 10. The van der Waals surface area contributed by atoms with Gasteiger partial charge in [0.25, 0.3) is 31.3 Å². The summed E-state index contributed by atoms with van der Waals surface area (Å²) in [5.74, 6) is -1.65. The van der Waals surface area contributed by atoms with Gasteiger partial charge >= 0.3 is 0 Å². The molecule has 108 heavy (non-hydrogen) atoms. The van der Waals surface area contributed by atoms with Crippen LogP contribution in [0.25, 0.3) is 0 Å². The van der Waals surface area contributed by atoms with Crippen LogP contribution in [0.1, 0.15) is 144 Å². The van der Waals surface area contributed by atoms with Gasteiger partial charge in [0.15, 0.2) is 18.9 Å². The predicted octanol–water partition coefficient (Wildman–Crippen LogP) is -0.451. The summed E-state index contributed by atoms with van der Waals surface area (Å²) in [6, 6.07) is -1.12. The van der Waals surface area contributed by atoms with Gasteiger partial charge in [0.2, 0.25) is 5.91 Å². The third-order valence-corrected chi connectivity index (χ3v) is 23.6. The first kappa shape index (κ1) is 99.7. The average molecular weight is 1670 g/mol. The molecule has 640 valence electrons. The Bertz CT molecular complexity index is 2620. The van der Waals surface area contributed by atoms with Crippen molar-refractivity contribution in [1.29, 1.82) is 0 Å². The lowest BCUT2D eigenvalue weighted by atomic mass is 9.92. The van der Waals surface area contributed by atoms with Crippen LogP contribution >= 0.6 is 38.9 Å². The van der Waals surface area contributed by atoms with Crippen molar-refractivity contribution in [2.75, 3.05) is 132 Å². The number of phosphoric ester groups is 4. The maximum atomic E-state index is 13.6. The van der Waals surface area contributed by atoms with Gasteiger partial charge in [0.1, 0.15) is 62.5 Å². The summed E-state index contributed by atoms with van der Waals surface area (Å²) in [6.45, 7) is 2.19. The first-order valence-electron chi connectivity index (χ1n) is 36.8. The molecule has 0 aliphatic carbocycles. The van der Waals surface area contributed by atoms with Crippen molar-refractivity contribution in [3.05, 3.63) is 0 Å². The molecule has 0 aromatic carbocycles. The minimum atomic E-state index is -5.37. The summed E-state index contributed by atoms with van der Waals surface area (Å²) >= 11 is 0. The second-order valence-corrected chi connectivity index (χ2v) is 35.5. The SMILES string of the molecule is CC(=O)NC1[C@H](OCCCCCCOP(=O)([O-])OCCCOCC(COCCCOP(=O)([O-])OCCCCCCO[C@@H]2OC(CO)[C@H](O)[C@H](O)C2C)(COCCCOP(=O)([O-])OCCCCCCO[C@@H]2OC(CO)[C@H](O)[C@H](O)C2C)COP(=O)([O-])OC[C@H]2O[C@@H](C)C[C@@H]2OP(=O)([O-])C(C)C)OC(CO)[C@H](O)[C@@H]1O. The van der Waals surface area contributed by atoms with E-state index in [0.717, 1.165) is 0 Å². The van der Waals surface area contributed by atoms with E-state index in [-0.39, 0.29) is 91.6 Å². The number of rotatable bonds is 61. The van der Waals surface area contributed by atoms with E-state index in [9.17, 15) is 98.0 Å². The van der Waals surface area contributed by atoms with Gasteiger partial charge in [-0.15, -0.1) is 0 Å². The fraction of sp³-hybridized carbons (Fsp3) is 0.984. The van der Waals surface area contributed by atoms with E-state index in [1.807, 2.05) is 0 Å². The molecule has 23 atom stereocenters. The summed E-state index contributed by atoms with van der Waals surface area (Å²) in [6.07, 6.45) is -11.2. The number of aliphatic hydroxyl groups excluding tert-OH is 9. The van der Waals surface area contributed by atoms with E-state index < -0.39 is 239 Å². The molecule has 11 unspecified atom stereocenters. The first-order chi connectivity index (χ1) is 51.0. The van der Waals surface area contributed by atoms with Gasteiger partial charge < -0.3 is 168 Å². The van der Waals surface area contributed by atoms with Crippen LogP contribution < -0.4 is 29.8 Å². The van der Waals surface area contributed by atoms with Crippen LogP contribution in [0, 0.1) is 17.3 Å². The predicted molar refractivity (Wildman–Crippen MR) is 366 cm³/mol. The smallest absolute Gasteiger partial charge is 0.267 e. The van der Waals surface area contributed by atoms with Crippen molar-refractivity contribution in [3.8, 4) is 0 Å². The molecule has 45 heteroatoms. The largest absolute Gasteiger partial charge is 0.778 e. The van der Waals surface area contributed by atoms with Gasteiger partial charge in [-0.05, 0) is 64.7 Å². The normalized spacial score (nSPS) is 31.2. The van der Waals surface area contributed by atoms with Crippen molar-refractivity contribution < 1.29 is 186 Å². The Morgan fingerprint density at radius 1 is 0.426 bits per heavy atom. The molecule has 4 heterocycles. The summed E-state index contributed by atoms with van der Waals surface area (Å²) in [5, 5.41) is 92.4. The van der Waals surface area contributed by atoms with Crippen LogP contribution in [0.3, 0.4) is 0 Å². The number of carbonyl (C=O) groups is 1. The van der Waals surface area contributed by atoms with Gasteiger partial charge in [0, 0.05) is 70.5 Å². The Balaban J connectivity index is 1.34. The monoisotopic (exact) mass is 1670 g/mol. The minimum Gasteiger partial charge on any atom is -0.778 e. The number of nitrogens with one attached hydrogen (secondary N) is 1. The fourth-order valence-electron chi connectivity index (χ4n) is 11.4. The molecular formula is C63H119NO39P5-5. The van der Waals surface area contributed by atoms with Crippen molar-refractivity contribution in [1.82, 2.24) is 5.32 Å². The Hall–Kier alpha value is -0.700. The zero-order valence-electron chi connectivity index (χ0n) is 62.4. The van der Waals surface area contributed by atoms with Gasteiger partial charge in [-0.25, -0.2) is 0 Å². The van der Waals surface area contributed by atoms with Crippen LogP contribution in [-0.4, -0.2) is 288 Å². The molecule has 0 aromatic rings. The standard InChI is InChI=1S/C63H124NO39P5/c1-43(2)104(75,76)103-48-34-44(3)99-52(48)38-97-108(83,84)98-42-63(39-85-22-19-31-94-105(77,78)91-28-16-10-7-13-25-88-60-45(4)54(69)56(71)49(35-65)100-60,40-86-23-20-32-95-106(79,80)92-29-17-11-8-14-26-89-61-46(5)55(70)57(72)50(36-66)101-61)41-87-24-21-33-96-107(81,82)93-30-18-12-9-15-27-90-62-53(64-47(6)68)59(74)58(73)51(37-67)102-62/h43-46,48-62,65-67,69-74H,7-42H2,1-6H3,(H,64,68)(H,75,76)(H,77,78)(H,79,80)(H,81,82)(H,83,84)/p-5/t44-,45?,46?,48-,49?,50?,51?,52+,53?,54+,55+,56-,57-,58-,59+,60+,61+,62+,63?/m0/s1. The minimum absolute atomic E-state index is 0.0769. The van der Waals surface area contributed by atoms with Gasteiger partial charge in [0.05, 0.1) is 122 Å². The van der Waals surface area contributed by atoms with E-state index >= 15 is 0 Å². The molecule has 0 radical (unpaired) electrons. The lowest BCUT2D eigenvalue weighted by Gasteiger charge is -2.42. The number of unbranched alkanes of at least 4 members (excludes halogenated alkanes) is 9. The highest BCUT2D eigenvalue weighted by Crippen LogP contribution is 2.48. The van der Waals surface area contributed by atoms with E-state index in [1.165, 1.54) is 20.8 Å². The number of carbonyl (C=O) groups excluding carboxylic acids is 1. The molecule has 4 aliphatic rings. The number of phosphoric acid groups is 4. The molecule has 0 bridgehead atoms. The first-order valence-corrected chi connectivity index (χ1v) is 44.2. The third-order valence-electron chi connectivity index (χ3n) is 17.8. The lowest BCUT2D eigenvalue weighted by Crippen LogP contribution is -2.64. The zero-order chi connectivity index (χ0) is 80.1. The van der Waals surface area contributed by atoms with Crippen molar-refractivity contribution in [2.45, 2.75) is 248 Å². The molecule has 1 amide bonds. The van der Waals surface area contributed by atoms with Gasteiger partial charge in [-0.3, -0.25) is 23.1 Å². The van der Waals surface area contributed by atoms with E-state index in [0.29, 0.717) is 70.6 Å². The van der Waals surface area contributed by atoms with Gasteiger partial charge in [-0.2, -0.15) is 0 Å². The number of aliphatic hydroxyl groups is 9. The maximum absolute atomic E-state index is 13.6. The van der Waals surface area contributed by atoms with Crippen LogP contribution in [-0.2, 0) is 116 Å². The second-order valence-electron chi connectivity index (χ2n) is 27.5. The van der Waals surface area contributed by atoms with Crippen molar-refractivity contribution in [3.63, 3.8) is 0 Å². The topological polar surface area (TPSA) is 587 Å². The quantitative estimate of drug-likeness (QED) is 0.0272. The summed E-state index contributed by atoms with van der Waals surface area (Å²) in [4.78, 5) is 76.2. The van der Waals surface area contributed by atoms with E-state index in [2.05, 4.69) is 5.32 Å². The lowest BCUT2D eigenvalue weighted by molar-refractivity contribution is -0.282. The molecule has 4 aliphatic heterocycles. The molecule has 0 spiro atoms. The summed E-state index contributed by atoms with van der Waals surface area (Å²) in [5.41, 5.74) is -2.55. The number of amides is 1. The molecule has 0 saturated carbocycles. The molecule has 10 N–H and O–H groups in total. The molecule has 0 aromatic heterocycles. The Morgan fingerprint density at radius 3 is 1.12 bits per heavy atom. The molecular weight excluding hydrogens is 1550 g/mol. The number of ether oxygens (including phenoxy) is 10. The van der Waals surface area contributed by atoms with Gasteiger partial charge in [-0.1, -0.05) is 66.2 Å². The Morgan fingerprint density at radius 2 is 0.759 bits per heavy atom. The van der Waals surface area contributed by atoms with E-state index in [1.54, 1.807) is 20.8 Å². The zero-order valence-corrected chi connectivity index (χ0v) is 66.9. The Kier molecular flexibility index (Phi) is 47.5. The second kappa shape index (κ2) is 51.5. The summed E-state index contributed by atoms with van der Waals surface area (Å²) in [7, 11) is -24.3. The van der Waals surface area contributed by atoms with Crippen LogP contribution in [0.2, 0.25) is 0 Å². The molecule has 40 nitrogen and oxygen atoms in total. The maximum Gasteiger partial charge on any atom is 0.267 e. The average Bonchev–Trinajstić information content (AvgIpc) is 1.12. The van der Waals surface area contributed by atoms with E-state index in [4.69, 9.17) is 88.1 Å². The van der Waals surface area contributed by atoms with Crippen LogP contribution in [0.5, 0.6) is 0 Å². The highest BCUT2D eigenvalue weighted by molar-refractivity contribution is 7.52. The Labute approximate surface area is 631 Å². The highest BCUT2D eigenvalue weighted by atomic mass is 31.2. The number of hydrogen-bond acceptors (Lipinski definition) is 39. The fourth-order valence-corrected chi connectivity index (χ4v) is 15.4. The van der Waals surface area contributed by atoms with Crippen molar-refractivity contribution in [2.24, 2.45) is 17.3 Å². The molecule has 4 saturated heterocycles. The third kappa shape index (κ3) is 37.7. The van der Waals surface area contributed by atoms with Crippen LogP contribution in [0.15, 0.2) is 0 Å².